The molecule has 0 aromatic carbocycles. The van der Waals surface area contributed by atoms with Crippen LogP contribution in [0.2, 0.25) is 0 Å². The molecule has 0 aliphatic carbocycles. The standard InChI is InChI=1S/C4H4N2O2/c7-4-3-6(8)2-1-5-4/h1,3H,2H2. The number of amides is 1. The Morgan fingerprint density at radius 1 is 1.88 bits per heavy atom. The zero-order chi connectivity index (χ0) is 5.98. The Kier molecular flexibility index (Phi) is 1.07. The lowest BCUT2D eigenvalue weighted by Gasteiger charge is -1.99. The van der Waals surface area contributed by atoms with Crippen molar-refractivity contribution in [3.63, 3.8) is 0 Å². The number of nitrogens with zero attached hydrogens (tertiary/aromatic N) is 2. The summed E-state index contributed by atoms with van der Waals surface area (Å²) in [4.78, 5) is 13.5. The van der Waals surface area contributed by atoms with Crippen molar-refractivity contribution < 1.29 is 9.53 Å². The second-order valence-corrected chi connectivity index (χ2v) is 1.38. The van der Waals surface area contributed by atoms with E-state index in [2.05, 4.69) is 4.99 Å². The Bertz CT molecular complexity index is 171. The SMILES string of the molecule is O=C1C=[N+]([O-])CC=N1. The third-order valence-electron chi connectivity index (χ3n) is 0.735. The van der Waals surface area contributed by atoms with E-state index in [0.29, 0.717) is 4.74 Å². The third kappa shape index (κ3) is 0.900. The van der Waals surface area contributed by atoms with Crippen LogP contribution in [-0.2, 0) is 4.79 Å². The van der Waals surface area contributed by atoms with Crippen LogP contribution >= 0.6 is 0 Å². The predicted octanol–water partition coefficient (Wildman–Crippen LogP) is -0.821. The first-order chi connectivity index (χ1) is 3.79. The Morgan fingerprint density at radius 2 is 2.62 bits per heavy atom. The molecule has 0 radical (unpaired) electrons. The first-order valence-corrected chi connectivity index (χ1v) is 2.14. The van der Waals surface area contributed by atoms with Gasteiger partial charge in [-0.1, -0.05) is 0 Å². The number of carbonyl (C=O) groups excluding carboxylic acids is 1. The molecule has 8 heavy (non-hydrogen) atoms. The monoisotopic (exact) mass is 112 g/mol. The Balaban J connectivity index is 2.74. The molecule has 0 spiro atoms. The normalized spacial score (nSPS) is 18.5. The highest BCUT2D eigenvalue weighted by molar-refractivity contribution is 6.27. The molecular weight excluding hydrogens is 108 g/mol. The zero-order valence-electron chi connectivity index (χ0n) is 4.07. The molecule has 0 N–H and O–H groups in total. The predicted molar refractivity (Wildman–Crippen MR) is 28.1 cm³/mol. The van der Waals surface area contributed by atoms with Crippen LogP contribution in [0.25, 0.3) is 0 Å². The average molecular weight is 112 g/mol. The molecule has 1 heterocycles. The molecule has 0 unspecified atom stereocenters. The van der Waals surface area contributed by atoms with E-state index in [-0.39, 0.29) is 6.54 Å². The Morgan fingerprint density at radius 3 is 3.00 bits per heavy atom. The second kappa shape index (κ2) is 1.73. The minimum absolute atomic E-state index is 0.186. The second-order valence-electron chi connectivity index (χ2n) is 1.38. The molecule has 0 atom stereocenters. The molecule has 0 aromatic heterocycles. The van der Waals surface area contributed by atoms with Crippen LogP contribution in [0.15, 0.2) is 4.99 Å². The molecule has 0 saturated carbocycles. The van der Waals surface area contributed by atoms with Crippen molar-refractivity contribution >= 4 is 18.3 Å². The van der Waals surface area contributed by atoms with Crippen molar-refractivity contribution in [3.8, 4) is 0 Å². The largest absolute Gasteiger partial charge is 0.623 e. The van der Waals surface area contributed by atoms with Gasteiger partial charge in [0.25, 0.3) is 0 Å². The molecule has 1 rings (SSSR count). The van der Waals surface area contributed by atoms with Gasteiger partial charge in [0.15, 0.2) is 6.54 Å². The van der Waals surface area contributed by atoms with Gasteiger partial charge in [0.2, 0.25) is 6.21 Å². The van der Waals surface area contributed by atoms with Gasteiger partial charge < -0.3 is 5.21 Å². The van der Waals surface area contributed by atoms with Gasteiger partial charge in [-0.05, 0) is 0 Å². The van der Waals surface area contributed by atoms with E-state index in [1.54, 1.807) is 0 Å². The third-order valence-corrected chi connectivity index (χ3v) is 0.735. The molecule has 0 aromatic rings. The minimum Gasteiger partial charge on any atom is -0.623 e. The topological polar surface area (TPSA) is 55.5 Å². The van der Waals surface area contributed by atoms with Crippen LogP contribution in [0.1, 0.15) is 0 Å². The summed E-state index contributed by atoms with van der Waals surface area (Å²) in [5.74, 6) is -0.480. The van der Waals surface area contributed by atoms with Crippen LogP contribution in [-0.4, -0.2) is 29.6 Å². The van der Waals surface area contributed by atoms with Crippen LogP contribution in [0, 0.1) is 5.21 Å². The summed E-state index contributed by atoms with van der Waals surface area (Å²) in [6.07, 6.45) is 2.20. The molecular formula is C4H4N2O2. The molecule has 1 amide bonds. The summed E-state index contributed by atoms with van der Waals surface area (Å²) in [5, 5.41) is 10.2. The number of hydroxylamine groups is 1. The molecule has 4 nitrogen and oxygen atoms in total. The summed E-state index contributed by atoms with van der Waals surface area (Å²) in [6, 6.07) is 0. The van der Waals surface area contributed by atoms with E-state index in [9.17, 15) is 10.0 Å². The van der Waals surface area contributed by atoms with Crippen molar-refractivity contribution in [1.29, 1.82) is 0 Å². The lowest BCUT2D eigenvalue weighted by molar-refractivity contribution is -0.434. The number of aliphatic imine (C=N–C) groups is 1. The molecule has 0 bridgehead atoms. The average Bonchev–Trinajstić information content (AvgIpc) is 1.64. The lowest BCUT2D eigenvalue weighted by Crippen LogP contribution is -2.18. The number of hydrogen-bond acceptors (Lipinski definition) is 2. The highest BCUT2D eigenvalue weighted by Crippen LogP contribution is 1.77. The summed E-state index contributed by atoms with van der Waals surface area (Å²) in [7, 11) is 0. The van der Waals surface area contributed by atoms with Crippen LogP contribution in [0.4, 0.5) is 0 Å². The van der Waals surface area contributed by atoms with Crippen LogP contribution < -0.4 is 0 Å². The van der Waals surface area contributed by atoms with Crippen molar-refractivity contribution in [2.24, 2.45) is 4.99 Å². The number of rotatable bonds is 0. The van der Waals surface area contributed by atoms with Gasteiger partial charge in [-0.3, -0.25) is 4.79 Å². The van der Waals surface area contributed by atoms with Gasteiger partial charge in [-0.2, -0.15) is 0 Å². The van der Waals surface area contributed by atoms with Gasteiger partial charge in [-0.25, -0.2) is 9.73 Å². The zero-order valence-corrected chi connectivity index (χ0v) is 4.07. The van der Waals surface area contributed by atoms with Crippen LogP contribution in [0.5, 0.6) is 0 Å². The molecule has 0 fully saturated rings. The first kappa shape index (κ1) is 4.96. The van der Waals surface area contributed by atoms with Gasteiger partial charge in [0, 0.05) is 0 Å². The number of hydrogen-bond donors (Lipinski definition) is 0. The van der Waals surface area contributed by atoms with Crippen LogP contribution in [0.3, 0.4) is 0 Å². The fraction of sp³-hybridized carbons (Fsp3) is 0.250. The van der Waals surface area contributed by atoms with Crippen molar-refractivity contribution in [1.82, 2.24) is 0 Å². The summed E-state index contributed by atoms with van der Waals surface area (Å²) < 4.78 is 0.537. The fourth-order valence-electron chi connectivity index (χ4n) is 0.420. The van der Waals surface area contributed by atoms with E-state index in [0.717, 1.165) is 6.21 Å². The molecule has 0 saturated heterocycles. The molecule has 4 heteroatoms. The number of carbonyl (C=O) groups is 1. The lowest BCUT2D eigenvalue weighted by atomic mass is 10.6. The maximum atomic E-state index is 10.2. The smallest absolute Gasteiger partial charge is 0.334 e. The van der Waals surface area contributed by atoms with Crippen molar-refractivity contribution in [2.75, 3.05) is 6.54 Å². The maximum absolute atomic E-state index is 10.2. The Hall–Kier alpha value is -1.19. The Labute approximate surface area is 45.7 Å². The molecule has 1 aliphatic heterocycles. The van der Waals surface area contributed by atoms with E-state index in [1.807, 2.05) is 0 Å². The van der Waals surface area contributed by atoms with E-state index < -0.39 is 5.91 Å². The summed E-state index contributed by atoms with van der Waals surface area (Å²) in [6.45, 7) is 0.186. The first-order valence-electron chi connectivity index (χ1n) is 2.14. The van der Waals surface area contributed by atoms with Crippen molar-refractivity contribution in [2.45, 2.75) is 0 Å². The minimum atomic E-state index is -0.480. The van der Waals surface area contributed by atoms with Gasteiger partial charge >= 0.3 is 5.91 Å². The fourth-order valence-corrected chi connectivity index (χ4v) is 0.420. The van der Waals surface area contributed by atoms with Crippen molar-refractivity contribution in [3.05, 3.63) is 5.21 Å². The quantitative estimate of drug-likeness (QED) is 0.303. The maximum Gasteiger partial charge on any atom is 0.334 e. The van der Waals surface area contributed by atoms with Gasteiger partial charge in [0.1, 0.15) is 0 Å². The molecule has 42 valence electrons. The summed E-state index contributed by atoms with van der Waals surface area (Å²) >= 11 is 0. The van der Waals surface area contributed by atoms with E-state index >= 15 is 0 Å². The van der Waals surface area contributed by atoms with Gasteiger partial charge in [-0.15, -0.1) is 0 Å². The highest BCUT2D eigenvalue weighted by Gasteiger charge is 2.03. The van der Waals surface area contributed by atoms with E-state index in [4.69, 9.17) is 0 Å². The highest BCUT2D eigenvalue weighted by atomic mass is 16.5. The van der Waals surface area contributed by atoms with E-state index in [1.165, 1.54) is 6.21 Å². The summed E-state index contributed by atoms with van der Waals surface area (Å²) in [5.41, 5.74) is 0. The van der Waals surface area contributed by atoms with Gasteiger partial charge in [0.05, 0.1) is 6.21 Å². The molecule has 1 aliphatic rings.